The van der Waals surface area contributed by atoms with Gasteiger partial charge in [-0.2, -0.15) is 0 Å². The maximum Gasteiger partial charge on any atom is 0.257 e. The average Bonchev–Trinajstić information content (AvgIpc) is 2.44. The number of benzene rings is 2. The number of carbonyl (C=O) groups excluding carboxylic acids is 1. The van der Waals surface area contributed by atoms with Crippen molar-refractivity contribution < 1.29 is 15.0 Å². The van der Waals surface area contributed by atoms with E-state index in [4.69, 9.17) is 5.11 Å². The molecule has 1 amide bonds. The monoisotopic (exact) mass is 259 g/mol. The molecule has 4 heteroatoms. The molecule has 0 spiro atoms. The van der Waals surface area contributed by atoms with Crippen molar-refractivity contribution in [2.45, 2.75) is 13.0 Å². The lowest BCUT2D eigenvalue weighted by atomic mass is 10.0. The third-order valence-corrected chi connectivity index (χ3v) is 3.34. The molecule has 1 atom stereocenters. The highest BCUT2D eigenvalue weighted by molar-refractivity contribution is 6.01. The predicted octanol–water partition coefficient (Wildman–Crippen LogP) is 2.00. The van der Waals surface area contributed by atoms with E-state index < -0.39 is 0 Å². The number of aromatic hydroxyl groups is 1. The zero-order valence-corrected chi connectivity index (χ0v) is 11.0. The van der Waals surface area contributed by atoms with Crippen LogP contribution < -0.4 is 0 Å². The third-order valence-electron chi connectivity index (χ3n) is 3.34. The molecule has 4 nitrogen and oxygen atoms in total. The largest absolute Gasteiger partial charge is 0.507 e. The van der Waals surface area contributed by atoms with Crippen LogP contribution in [0.4, 0.5) is 0 Å². The molecule has 2 N–H and O–H groups in total. The van der Waals surface area contributed by atoms with Gasteiger partial charge in [0.25, 0.3) is 5.91 Å². The van der Waals surface area contributed by atoms with Crippen LogP contribution in [-0.4, -0.2) is 40.7 Å². The number of phenols is 1. The average molecular weight is 259 g/mol. The number of aliphatic hydroxyl groups is 1. The van der Waals surface area contributed by atoms with Crippen LogP contribution in [0.5, 0.6) is 5.75 Å². The van der Waals surface area contributed by atoms with Crippen LogP contribution in [-0.2, 0) is 0 Å². The number of rotatable bonds is 3. The Morgan fingerprint density at radius 3 is 2.42 bits per heavy atom. The first-order valence-electron chi connectivity index (χ1n) is 6.14. The second-order valence-electron chi connectivity index (χ2n) is 4.66. The number of hydrogen-bond donors (Lipinski definition) is 2. The van der Waals surface area contributed by atoms with Crippen molar-refractivity contribution in [2.75, 3.05) is 13.7 Å². The maximum absolute atomic E-state index is 12.3. The van der Waals surface area contributed by atoms with Gasteiger partial charge in [0.1, 0.15) is 5.75 Å². The molecule has 0 aliphatic heterocycles. The molecule has 100 valence electrons. The summed E-state index contributed by atoms with van der Waals surface area (Å²) >= 11 is 0. The quantitative estimate of drug-likeness (QED) is 0.886. The first-order chi connectivity index (χ1) is 9.04. The normalized spacial score (nSPS) is 12.4. The zero-order valence-electron chi connectivity index (χ0n) is 11.0. The minimum absolute atomic E-state index is 0.0410. The Labute approximate surface area is 111 Å². The number of carbonyl (C=O) groups is 1. The van der Waals surface area contributed by atoms with Crippen molar-refractivity contribution in [3.05, 3.63) is 42.0 Å². The van der Waals surface area contributed by atoms with E-state index in [1.807, 2.05) is 24.3 Å². The van der Waals surface area contributed by atoms with Crippen LogP contribution in [0.15, 0.2) is 36.4 Å². The van der Waals surface area contributed by atoms with Gasteiger partial charge in [-0.1, -0.05) is 24.3 Å². The minimum atomic E-state index is -0.301. The number of likely N-dealkylation sites (N-methyl/N-ethyl adjacent to an activating group) is 1. The van der Waals surface area contributed by atoms with Crippen LogP contribution in [0.1, 0.15) is 17.3 Å². The van der Waals surface area contributed by atoms with Crippen LogP contribution in [0.2, 0.25) is 0 Å². The highest BCUT2D eigenvalue weighted by Gasteiger charge is 2.20. The zero-order chi connectivity index (χ0) is 14.0. The lowest BCUT2D eigenvalue weighted by molar-refractivity contribution is 0.0679. The fourth-order valence-electron chi connectivity index (χ4n) is 1.91. The van der Waals surface area contributed by atoms with Gasteiger partial charge in [-0.25, -0.2) is 0 Å². The van der Waals surface area contributed by atoms with Crippen molar-refractivity contribution in [3.8, 4) is 5.75 Å². The maximum atomic E-state index is 12.3. The number of nitrogens with zero attached hydrogens (tertiary/aromatic N) is 1. The van der Waals surface area contributed by atoms with Gasteiger partial charge in [0.05, 0.1) is 18.2 Å². The first-order valence-corrected chi connectivity index (χ1v) is 6.14. The summed E-state index contributed by atoms with van der Waals surface area (Å²) in [6.45, 7) is 1.63. The van der Waals surface area contributed by atoms with Crippen molar-refractivity contribution in [3.63, 3.8) is 0 Å². The summed E-state index contributed by atoms with van der Waals surface area (Å²) in [6.07, 6.45) is 0. The van der Waals surface area contributed by atoms with E-state index in [1.54, 1.807) is 26.1 Å². The van der Waals surface area contributed by atoms with Gasteiger partial charge in [-0.15, -0.1) is 0 Å². The van der Waals surface area contributed by atoms with Crippen molar-refractivity contribution in [2.24, 2.45) is 0 Å². The molecular formula is C15H17NO3. The summed E-state index contributed by atoms with van der Waals surface area (Å²) < 4.78 is 0. The minimum Gasteiger partial charge on any atom is -0.507 e. The van der Waals surface area contributed by atoms with Crippen LogP contribution >= 0.6 is 0 Å². The van der Waals surface area contributed by atoms with Crippen molar-refractivity contribution in [1.29, 1.82) is 0 Å². The van der Waals surface area contributed by atoms with E-state index in [0.29, 0.717) is 0 Å². The fraction of sp³-hybridized carbons (Fsp3) is 0.267. The Kier molecular flexibility index (Phi) is 3.71. The number of phenolic OH excluding ortho intramolecular Hbond substituents is 1. The molecule has 0 heterocycles. The Balaban J connectivity index is 2.44. The lowest BCUT2D eigenvalue weighted by Gasteiger charge is -2.23. The van der Waals surface area contributed by atoms with Gasteiger partial charge in [0, 0.05) is 7.05 Å². The SMILES string of the molecule is CC(CO)N(C)C(=O)c1cc2ccccc2cc1O. The van der Waals surface area contributed by atoms with E-state index in [9.17, 15) is 9.90 Å². The summed E-state index contributed by atoms with van der Waals surface area (Å²) in [5.41, 5.74) is 0.251. The van der Waals surface area contributed by atoms with Crippen molar-refractivity contribution in [1.82, 2.24) is 4.90 Å². The highest BCUT2D eigenvalue weighted by Crippen LogP contribution is 2.26. The summed E-state index contributed by atoms with van der Waals surface area (Å²) in [5.74, 6) is -0.342. The molecule has 2 rings (SSSR count). The van der Waals surface area contributed by atoms with E-state index >= 15 is 0 Å². The molecule has 0 saturated carbocycles. The molecule has 0 aliphatic rings. The number of aliphatic hydroxyl groups excluding tert-OH is 1. The molecule has 0 aliphatic carbocycles. The van der Waals surface area contributed by atoms with Gasteiger partial charge in [0.2, 0.25) is 0 Å². The molecule has 0 aromatic heterocycles. The molecule has 0 saturated heterocycles. The highest BCUT2D eigenvalue weighted by atomic mass is 16.3. The molecular weight excluding hydrogens is 242 g/mol. The Bertz CT molecular complexity index is 609. The predicted molar refractivity (Wildman–Crippen MR) is 74.3 cm³/mol. The first kappa shape index (κ1) is 13.4. The van der Waals surface area contributed by atoms with Crippen LogP contribution in [0.3, 0.4) is 0 Å². The summed E-state index contributed by atoms with van der Waals surface area (Å²) in [6, 6.07) is 10.5. The van der Waals surface area contributed by atoms with Gasteiger partial charge < -0.3 is 15.1 Å². The summed E-state index contributed by atoms with van der Waals surface area (Å²) in [7, 11) is 1.61. The molecule has 19 heavy (non-hydrogen) atoms. The van der Waals surface area contributed by atoms with E-state index in [0.717, 1.165) is 10.8 Å². The molecule has 2 aromatic rings. The fourth-order valence-corrected chi connectivity index (χ4v) is 1.91. The topological polar surface area (TPSA) is 60.8 Å². The molecule has 0 fully saturated rings. The molecule has 1 unspecified atom stereocenters. The van der Waals surface area contributed by atoms with E-state index in [-0.39, 0.29) is 29.9 Å². The lowest BCUT2D eigenvalue weighted by Crippen LogP contribution is -2.37. The third kappa shape index (κ3) is 2.53. The Hall–Kier alpha value is -2.07. The van der Waals surface area contributed by atoms with Crippen molar-refractivity contribution >= 4 is 16.7 Å². The molecule has 0 radical (unpaired) electrons. The molecule has 2 aromatic carbocycles. The summed E-state index contributed by atoms with van der Waals surface area (Å²) in [4.78, 5) is 13.7. The summed E-state index contributed by atoms with van der Waals surface area (Å²) in [5, 5.41) is 20.8. The Morgan fingerprint density at radius 1 is 1.26 bits per heavy atom. The number of amides is 1. The smallest absolute Gasteiger partial charge is 0.257 e. The standard InChI is InChI=1S/C15H17NO3/c1-10(9-17)16(2)15(19)13-7-11-5-3-4-6-12(11)8-14(13)18/h3-8,10,17-18H,9H2,1-2H3. The number of fused-ring (bicyclic) bond motifs is 1. The van der Waals surface area contributed by atoms with Gasteiger partial charge >= 0.3 is 0 Å². The second-order valence-corrected chi connectivity index (χ2v) is 4.66. The Morgan fingerprint density at radius 2 is 1.84 bits per heavy atom. The van der Waals surface area contributed by atoms with E-state index in [2.05, 4.69) is 0 Å². The van der Waals surface area contributed by atoms with Crippen LogP contribution in [0.25, 0.3) is 10.8 Å². The van der Waals surface area contributed by atoms with Gasteiger partial charge in [0.15, 0.2) is 0 Å². The number of hydrogen-bond acceptors (Lipinski definition) is 3. The van der Waals surface area contributed by atoms with Gasteiger partial charge in [-0.05, 0) is 29.8 Å². The van der Waals surface area contributed by atoms with Gasteiger partial charge in [-0.3, -0.25) is 4.79 Å². The van der Waals surface area contributed by atoms with E-state index in [1.165, 1.54) is 4.90 Å². The molecule has 0 bridgehead atoms. The van der Waals surface area contributed by atoms with Crippen LogP contribution in [0, 0.1) is 0 Å². The second kappa shape index (κ2) is 5.28.